The molecule has 0 aliphatic rings. The van der Waals surface area contributed by atoms with Gasteiger partial charge in [0.1, 0.15) is 0 Å². The average Bonchev–Trinajstić information content (AvgIpc) is 2.32. The Hall–Kier alpha value is -1.04. The third-order valence-electron chi connectivity index (χ3n) is 1.62. The predicted octanol–water partition coefficient (Wildman–Crippen LogP) is 3.73. The van der Waals surface area contributed by atoms with Crippen molar-refractivity contribution in [3.63, 3.8) is 0 Å². The minimum Gasteiger partial charge on any atom is -0.0798 e. The minimum absolute atomic E-state index is 1.25. The lowest BCUT2D eigenvalue weighted by Gasteiger charge is -1.85. The summed E-state index contributed by atoms with van der Waals surface area (Å²) in [5.74, 6) is 0. The van der Waals surface area contributed by atoms with Gasteiger partial charge in [-0.2, -0.15) is 0 Å². The van der Waals surface area contributed by atoms with Crippen molar-refractivity contribution in [2.45, 2.75) is 48.0 Å². The molecule has 0 unspecified atom stereocenters. The molecule has 15 heavy (non-hydrogen) atoms. The molecule has 0 N–H and O–H groups in total. The van der Waals surface area contributed by atoms with Crippen LogP contribution in [0.5, 0.6) is 0 Å². The van der Waals surface area contributed by atoms with Gasteiger partial charge >= 0.3 is 0 Å². The zero-order valence-corrected chi connectivity index (χ0v) is 11.2. The van der Waals surface area contributed by atoms with Crippen molar-refractivity contribution in [1.29, 1.82) is 0 Å². The van der Waals surface area contributed by atoms with E-state index in [1.807, 2.05) is 13.8 Å². The first kappa shape index (κ1) is 16.4. The third kappa shape index (κ3) is 7.99. The van der Waals surface area contributed by atoms with Crippen LogP contribution in [-0.4, -0.2) is 0 Å². The van der Waals surface area contributed by atoms with Crippen molar-refractivity contribution in [2.75, 3.05) is 0 Å². The van der Waals surface area contributed by atoms with E-state index in [2.05, 4.69) is 64.1 Å². The highest BCUT2D eigenvalue weighted by molar-refractivity contribution is 5.28. The standard InChI is InChI=1S/C10H12.C3H8.C2H6/c1-3-9-7-5-6-8-10(9)4-2;1-3-2;1-2/h3-8H,1-2H3;3H2,1-2H3;1-2H3/b9-3-,10-4-;;. The lowest BCUT2D eigenvalue weighted by Crippen LogP contribution is -2.22. The highest BCUT2D eigenvalue weighted by Gasteiger charge is 1.77. The smallest absolute Gasteiger partial charge is 0.0230 e. The molecule has 1 rings (SSSR count). The highest BCUT2D eigenvalue weighted by atomic mass is 13.8. The molecule has 0 bridgehead atoms. The Kier molecular flexibility index (Phi) is 14.2. The second kappa shape index (κ2) is 13.0. The van der Waals surface area contributed by atoms with Crippen LogP contribution in [0.2, 0.25) is 0 Å². The minimum atomic E-state index is 1.25. The molecule has 0 spiro atoms. The van der Waals surface area contributed by atoms with Crippen LogP contribution in [-0.2, 0) is 0 Å². The SMILES string of the molecule is C/C=c1/cccc/c1=C/C.CC.CCC. The molecular weight excluding hydrogens is 180 g/mol. The Morgan fingerprint density at radius 3 is 1.33 bits per heavy atom. The molecule has 0 aliphatic carbocycles. The lowest BCUT2D eigenvalue weighted by atomic mass is 10.2. The summed E-state index contributed by atoms with van der Waals surface area (Å²) >= 11 is 0. The van der Waals surface area contributed by atoms with E-state index >= 15 is 0 Å². The van der Waals surface area contributed by atoms with E-state index in [9.17, 15) is 0 Å². The normalized spacial score (nSPS) is 11.1. The van der Waals surface area contributed by atoms with Crippen molar-refractivity contribution in [3.05, 3.63) is 34.7 Å². The second-order valence-electron chi connectivity index (χ2n) is 2.91. The van der Waals surface area contributed by atoms with E-state index in [-0.39, 0.29) is 0 Å². The molecule has 86 valence electrons. The topological polar surface area (TPSA) is 0 Å². The fourth-order valence-corrected chi connectivity index (χ4v) is 1.04. The number of rotatable bonds is 0. The Bertz CT molecular complexity index is 287. The first-order valence-corrected chi connectivity index (χ1v) is 5.97. The highest BCUT2D eigenvalue weighted by Crippen LogP contribution is 1.71. The third-order valence-corrected chi connectivity index (χ3v) is 1.62. The van der Waals surface area contributed by atoms with Crippen LogP contribution in [0.3, 0.4) is 0 Å². The molecule has 0 saturated heterocycles. The van der Waals surface area contributed by atoms with E-state index < -0.39 is 0 Å². The van der Waals surface area contributed by atoms with Crippen LogP contribution < -0.4 is 10.4 Å². The van der Waals surface area contributed by atoms with Gasteiger partial charge in [0.15, 0.2) is 0 Å². The summed E-state index contributed by atoms with van der Waals surface area (Å²) in [4.78, 5) is 0. The Labute approximate surface area is 95.3 Å². The van der Waals surface area contributed by atoms with Crippen molar-refractivity contribution in [1.82, 2.24) is 0 Å². The second-order valence-corrected chi connectivity index (χ2v) is 2.91. The maximum Gasteiger partial charge on any atom is -0.0230 e. The quantitative estimate of drug-likeness (QED) is 0.607. The first-order chi connectivity index (χ1) is 7.29. The van der Waals surface area contributed by atoms with Crippen LogP contribution in [0.15, 0.2) is 24.3 Å². The Morgan fingerprint density at radius 1 is 0.867 bits per heavy atom. The maximum absolute atomic E-state index is 2.12. The Balaban J connectivity index is 0. The maximum atomic E-state index is 2.12. The summed E-state index contributed by atoms with van der Waals surface area (Å²) in [5, 5.41) is 2.62. The van der Waals surface area contributed by atoms with Crippen LogP contribution in [0, 0.1) is 0 Å². The molecular formula is C15H26. The fourth-order valence-electron chi connectivity index (χ4n) is 1.04. The fraction of sp³-hybridized carbons (Fsp3) is 0.467. The summed E-state index contributed by atoms with van der Waals surface area (Å²) in [7, 11) is 0. The van der Waals surface area contributed by atoms with E-state index in [0.717, 1.165) is 0 Å². The van der Waals surface area contributed by atoms with E-state index in [0.29, 0.717) is 0 Å². The monoisotopic (exact) mass is 206 g/mol. The van der Waals surface area contributed by atoms with Crippen LogP contribution in [0.4, 0.5) is 0 Å². The number of benzene rings is 1. The average molecular weight is 206 g/mol. The van der Waals surface area contributed by atoms with Gasteiger partial charge < -0.3 is 0 Å². The van der Waals surface area contributed by atoms with E-state index in [1.165, 1.54) is 16.9 Å². The molecule has 0 aliphatic heterocycles. The summed E-state index contributed by atoms with van der Waals surface area (Å²) in [5.41, 5.74) is 0. The summed E-state index contributed by atoms with van der Waals surface area (Å²) in [6, 6.07) is 8.36. The van der Waals surface area contributed by atoms with Gasteiger partial charge in [0.05, 0.1) is 0 Å². The van der Waals surface area contributed by atoms with Gasteiger partial charge in [-0.15, -0.1) is 0 Å². The van der Waals surface area contributed by atoms with Gasteiger partial charge in [-0.05, 0) is 24.3 Å². The number of hydrogen-bond acceptors (Lipinski definition) is 0. The van der Waals surface area contributed by atoms with Gasteiger partial charge in [-0.25, -0.2) is 0 Å². The van der Waals surface area contributed by atoms with Crippen LogP contribution >= 0.6 is 0 Å². The Morgan fingerprint density at radius 2 is 1.13 bits per heavy atom. The van der Waals surface area contributed by atoms with Gasteiger partial charge in [0.25, 0.3) is 0 Å². The molecule has 0 saturated carbocycles. The van der Waals surface area contributed by atoms with Crippen LogP contribution in [0.1, 0.15) is 48.0 Å². The lowest BCUT2D eigenvalue weighted by molar-refractivity contribution is 1.09. The zero-order valence-electron chi connectivity index (χ0n) is 11.2. The molecule has 0 aromatic heterocycles. The summed E-state index contributed by atoms with van der Waals surface area (Å²) < 4.78 is 0. The van der Waals surface area contributed by atoms with Gasteiger partial charge in [-0.3, -0.25) is 0 Å². The molecule has 0 atom stereocenters. The molecule has 0 nitrogen and oxygen atoms in total. The largest absolute Gasteiger partial charge is 0.0798 e. The predicted molar refractivity (Wildman–Crippen MR) is 73.3 cm³/mol. The van der Waals surface area contributed by atoms with Gasteiger partial charge in [0, 0.05) is 0 Å². The molecule has 0 radical (unpaired) electrons. The molecule has 1 aromatic rings. The van der Waals surface area contributed by atoms with Crippen molar-refractivity contribution in [3.8, 4) is 0 Å². The van der Waals surface area contributed by atoms with Gasteiger partial charge in [0.2, 0.25) is 0 Å². The molecule has 1 aromatic carbocycles. The van der Waals surface area contributed by atoms with Crippen LogP contribution in [0.25, 0.3) is 12.2 Å². The molecule has 0 fully saturated rings. The number of hydrogen-bond donors (Lipinski definition) is 0. The summed E-state index contributed by atoms with van der Waals surface area (Å²) in [6.45, 7) is 12.4. The molecule has 0 heteroatoms. The van der Waals surface area contributed by atoms with Gasteiger partial charge in [-0.1, -0.05) is 70.5 Å². The van der Waals surface area contributed by atoms with E-state index in [1.54, 1.807) is 0 Å². The zero-order chi connectivity index (χ0) is 12.1. The van der Waals surface area contributed by atoms with Crippen molar-refractivity contribution < 1.29 is 0 Å². The summed E-state index contributed by atoms with van der Waals surface area (Å²) in [6.07, 6.45) is 5.49. The van der Waals surface area contributed by atoms with Crippen molar-refractivity contribution in [2.24, 2.45) is 0 Å². The molecule has 0 heterocycles. The molecule has 0 amide bonds. The first-order valence-electron chi connectivity index (χ1n) is 5.97. The van der Waals surface area contributed by atoms with Crippen molar-refractivity contribution >= 4 is 12.2 Å². The van der Waals surface area contributed by atoms with E-state index in [4.69, 9.17) is 0 Å².